The Labute approximate surface area is 142 Å². The zero-order chi connectivity index (χ0) is 15.8. The lowest BCUT2D eigenvalue weighted by Crippen LogP contribution is -2.07. The lowest BCUT2D eigenvalue weighted by molar-refractivity contribution is 0.995. The SMILES string of the molecule is C=C1Cc2c(ccc3ccccc23)-c2c1ccc1c2C=CC2CC12. The number of benzene rings is 3. The fraction of sp³-hybridized carbons (Fsp3) is 0.167. The molecule has 2 unspecified atom stereocenters. The number of hydrogen-bond donors (Lipinski definition) is 0. The number of hydrogen-bond acceptors (Lipinski definition) is 0. The van der Waals surface area contributed by atoms with Crippen LogP contribution in [0.25, 0.3) is 33.5 Å². The van der Waals surface area contributed by atoms with Crippen LogP contribution in [0.1, 0.15) is 34.6 Å². The molecular weight excluding hydrogens is 288 g/mol. The molecule has 3 aromatic carbocycles. The van der Waals surface area contributed by atoms with E-state index >= 15 is 0 Å². The molecule has 0 aliphatic heterocycles. The van der Waals surface area contributed by atoms with Gasteiger partial charge in [0.25, 0.3) is 0 Å². The zero-order valence-electron chi connectivity index (χ0n) is 13.5. The number of rotatable bonds is 0. The van der Waals surface area contributed by atoms with Gasteiger partial charge in [0.2, 0.25) is 0 Å². The molecule has 0 saturated heterocycles. The second kappa shape index (κ2) is 4.27. The summed E-state index contributed by atoms with van der Waals surface area (Å²) in [5.74, 6) is 1.55. The van der Waals surface area contributed by atoms with Gasteiger partial charge in [-0.25, -0.2) is 0 Å². The topological polar surface area (TPSA) is 0 Å². The van der Waals surface area contributed by atoms with Crippen molar-refractivity contribution in [1.82, 2.24) is 0 Å². The van der Waals surface area contributed by atoms with Crippen LogP contribution in [-0.4, -0.2) is 0 Å². The van der Waals surface area contributed by atoms with Crippen LogP contribution in [0.3, 0.4) is 0 Å². The molecule has 3 aliphatic rings. The van der Waals surface area contributed by atoms with E-state index < -0.39 is 0 Å². The van der Waals surface area contributed by atoms with E-state index in [0.29, 0.717) is 0 Å². The smallest absolute Gasteiger partial charge is 0.00132 e. The van der Waals surface area contributed by atoms with Crippen LogP contribution in [0, 0.1) is 5.92 Å². The molecule has 6 rings (SSSR count). The fourth-order valence-electron chi connectivity index (χ4n) is 4.80. The molecule has 0 heterocycles. The van der Waals surface area contributed by atoms with Gasteiger partial charge in [0.1, 0.15) is 0 Å². The molecule has 24 heavy (non-hydrogen) atoms. The van der Waals surface area contributed by atoms with Crippen molar-refractivity contribution in [3.05, 3.63) is 83.4 Å². The summed E-state index contributed by atoms with van der Waals surface area (Å²) in [6.07, 6.45) is 7.08. The normalized spacial score (nSPS) is 22.6. The van der Waals surface area contributed by atoms with E-state index in [4.69, 9.17) is 0 Å². The van der Waals surface area contributed by atoms with E-state index in [1.165, 1.54) is 50.6 Å². The summed E-state index contributed by atoms with van der Waals surface area (Å²) in [5.41, 5.74) is 9.88. The molecule has 0 N–H and O–H groups in total. The van der Waals surface area contributed by atoms with Crippen molar-refractivity contribution in [3.8, 4) is 11.1 Å². The van der Waals surface area contributed by atoms with Gasteiger partial charge in [0.05, 0.1) is 0 Å². The lowest BCUT2D eigenvalue weighted by Gasteiger charge is -2.27. The third kappa shape index (κ3) is 1.54. The molecule has 3 aliphatic carbocycles. The Bertz CT molecular complexity index is 1080. The van der Waals surface area contributed by atoms with Crippen molar-refractivity contribution in [3.63, 3.8) is 0 Å². The third-order valence-electron chi connectivity index (χ3n) is 6.11. The lowest BCUT2D eigenvalue weighted by atomic mass is 9.76. The molecule has 3 aromatic rings. The van der Waals surface area contributed by atoms with Crippen molar-refractivity contribution in [1.29, 1.82) is 0 Å². The van der Waals surface area contributed by atoms with Crippen LogP contribution in [-0.2, 0) is 6.42 Å². The highest BCUT2D eigenvalue weighted by molar-refractivity contribution is 6.01. The molecule has 0 nitrogen and oxygen atoms in total. The fourth-order valence-corrected chi connectivity index (χ4v) is 4.80. The summed E-state index contributed by atoms with van der Waals surface area (Å²) in [6.45, 7) is 4.42. The van der Waals surface area contributed by atoms with Gasteiger partial charge < -0.3 is 0 Å². The summed E-state index contributed by atoms with van der Waals surface area (Å²) < 4.78 is 0. The molecule has 0 bridgehead atoms. The average molecular weight is 306 g/mol. The largest absolute Gasteiger partial charge is 0.0949 e. The minimum absolute atomic E-state index is 0.759. The van der Waals surface area contributed by atoms with Gasteiger partial charge in [-0.3, -0.25) is 0 Å². The van der Waals surface area contributed by atoms with Gasteiger partial charge in [0, 0.05) is 0 Å². The maximum absolute atomic E-state index is 4.42. The quantitative estimate of drug-likeness (QED) is 0.463. The minimum Gasteiger partial charge on any atom is -0.0949 e. The third-order valence-corrected chi connectivity index (χ3v) is 6.11. The first-order valence-electron chi connectivity index (χ1n) is 8.85. The maximum atomic E-state index is 4.42. The van der Waals surface area contributed by atoms with Gasteiger partial charge in [-0.15, -0.1) is 0 Å². The Kier molecular flexibility index (Phi) is 2.27. The van der Waals surface area contributed by atoms with Gasteiger partial charge in [-0.05, 0) is 74.4 Å². The average Bonchev–Trinajstić information content (AvgIpc) is 3.41. The minimum atomic E-state index is 0.759. The first-order chi connectivity index (χ1) is 11.8. The monoisotopic (exact) mass is 306 g/mol. The summed E-state index contributed by atoms with van der Waals surface area (Å²) in [7, 11) is 0. The van der Waals surface area contributed by atoms with Crippen LogP contribution in [0.5, 0.6) is 0 Å². The number of fused-ring (bicyclic) bond motifs is 9. The van der Waals surface area contributed by atoms with Crippen molar-refractivity contribution in [2.45, 2.75) is 18.8 Å². The summed E-state index contributed by atoms with van der Waals surface area (Å²) in [4.78, 5) is 0. The zero-order valence-corrected chi connectivity index (χ0v) is 13.5. The second-order valence-electron chi connectivity index (χ2n) is 7.45. The molecule has 0 radical (unpaired) electrons. The Hall–Kier alpha value is -2.60. The Morgan fingerprint density at radius 2 is 1.79 bits per heavy atom. The Morgan fingerprint density at radius 3 is 2.75 bits per heavy atom. The predicted octanol–water partition coefficient (Wildman–Crippen LogP) is 6.21. The van der Waals surface area contributed by atoms with Crippen LogP contribution < -0.4 is 0 Å². The van der Waals surface area contributed by atoms with Gasteiger partial charge >= 0.3 is 0 Å². The van der Waals surface area contributed by atoms with E-state index in [1.54, 1.807) is 5.56 Å². The van der Waals surface area contributed by atoms with Crippen molar-refractivity contribution < 1.29 is 0 Å². The Balaban J connectivity index is 1.73. The molecule has 0 amide bonds. The molecule has 1 fully saturated rings. The highest BCUT2D eigenvalue weighted by Crippen LogP contribution is 2.56. The van der Waals surface area contributed by atoms with E-state index in [2.05, 4.69) is 67.3 Å². The first-order valence-corrected chi connectivity index (χ1v) is 8.85. The highest BCUT2D eigenvalue weighted by atomic mass is 14.4. The molecule has 0 spiro atoms. The van der Waals surface area contributed by atoms with Gasteiger partial charge in [-0.1, -0.05) is 67.3 Å². The van der Waals surface area contributed by atoms with E-state index in [-0.39, 0.29) is 0 Å². The maximum Gasteiger partial charge on any atom is -0.00132 e. The molecule has 2 atom stereocenters. The van der Waals surface area contributed by atoms with Gasteiger partial charge in [-0.2, -0.15) is 0 Å². The van der Waals surface area contributed by atoms with E-state index in [9.17, 15) is 0 Å². The van der Waals surface area contributed by atoms with Crippen LogP contribution >= 0.6 is 0 Å². The van der Waals surface area contributed by atoms with Crippen molar-refractivity contribution in [2.75, 3.05) is 0 Å². The molecular formula is C24H18. The van der Waals surface area contributed by atoms with Crippen LogP contribution in [0.4, 0.5) is 0 Å². The summed E-state index contributed by atoms with van der Waals surface area (Å²) in [5, 5.41) is 2.71. The highest BCUT2D eigenvalue weighted by Gasteiger charge is 2.41. The summed E-state index contributed by atoms with van der Waals surface area (Å²) >= 11 is 0. The van der Waals surface area contributed by atoms with Crippen LogP contribution in [0.15, 0.2) is 61.2 Å². The standard InChI is InChI=1S/C24H18/c1-14-12-23-18-5-3-2-4-15(18)6-8-21(23)24-17(14)10-11-19-20(24)9-7-16-13-22(16)19/h2-11,16,22H,1,12-13H2. The molecule has 114 valence electrons. The van der Waals surface area contributed by atoms with Crippen LogP contribution in [0.2, 0.25) is 0 Å². The van der Waals surface area contributed by atoms with Crippen molar-refractivity contribution in [2.24, 2.45) is 5.92 Å². The van der Waals surface area contributed by atoms with E-state index in [0.717, 1.165) is 18.3 Å². The van der Waals surface area contributed by atoms with Crippen molar-refractivity contribution >= 4 is 22.4 Å². The Morgan fingerprint density at radius 1 is 0.917 bits per heavy atom. The number of allylic oxidation sites excluding steroid dienone is 2. The molecule has 0 aromatic heterocycles. The molecule has 0 heteroatoms. The predicted molar refractivity (Wildman–Crippen MR) is 102 cm³/mol. The van der Waals surface area contributed by atoms with E-state index in [1.807, 2.05) is 0 Å². The first kappa shape index (κ1) is 12.8. The second-order valence-corrected chi connectivity index (χ2v) is 7.45. The summed E-state index contributed by atoms with van der Waals surface area (Å²) in [6, 6.07) is 18.0. The van der Waals surface area contributed by atoms with Gasteiger partial charge in [0.15, 0.2) is 0 Å². The molecule has 1 saturated carbocycles.